The predicted octanol–water partition coefficient (Wildman–Crippen LogP) is 5.36. The molecular formula is C22H20N4O4S. The first-order chi connectivity index (χ1) is 14.9. The highest BCUT2D eigenvalue weighted by Gasteiger charge is 2.15. The minimum Gasteiger partial charge on any atom is -0.325 e. The van der Waals surface area contributed by atoms with E-state index in [9.17, 15) is 19.7 Å². The lowest BCUT2D eigenvalue weighted by Crippen LogP contribution is -2.22. The topological polar surface area (TPSA) is 113 Å². The first-order valence-corrected chi connectivity index (χ1v) is 10.2. The molecule has 0 aliphatic heterocycles. The minimum atomic E-state index is -0.464. The average Bonchev–Trinajstić information content (AvgIpc) is 2.76. The smallest absolute Gasteiger partial charge is 0.323 e. The second kappa shape index (κ2) is 10.3. The zero-order chi connectivity index (χ0) is 22.2. The lowest BCUT2D eigenvalue weighted by atomic mass is 10.2. The highest BCUT2D eigenvalue weighted by atomic mass is 32.2. The summed E-state index contributed by atoms with van der Waals surface area (Å²) in [4.78, 5) is 35.5. The Kier molecular flexibility index (Phi) is 7.23. The van der Waals surface area contributed by atoms with Gasteiger partial charge < -0.3 is 16.0 Å². The van der Waals surface area contributed by atoms with Gasteiger partial charge in [-0.25, -0.2) is 4.79 Å². The van der Waals surface area contributed by atoms with Crippen LogP contribution in [0.2, 0.25) is 0 Å². The van der Waals surface area contributed by atoms with Crippen LogP contribution in [0.25, 0.3) is 0 Å². The number of amides is 3. The van der Waals surface area contributed by atoms with Crippen LogP contribution in [-0.2, 0) is 4.79 Å². The van der Waals surface area contributed by atoms with Crippen LogP contribution >= 0.6 is 11.8 Å². The number of thioether (sulfide) groups is 1. The van der Waals surface area contributed by atoms with Crippen LogP contribution in [0.15, 0.2) is 83.8 Å². The Hall–Kier alpha value is -3.85. The molecule has 1 atom stereocenters. The van der Waals surface area contributed by atoms with Crippen LogP contribution < -0.4 is 16.0 Å². The van der Waals surface area contributed by atoms with Gasteiger partial charge in [0.25, 0.3) is 5.69 Å². The van der Waals surface area contributed by atoms with Gasteiger partial charge >= 0.3 is 6.03 Å². The number of rotatable bonds is 7. The first-order valence-electron chi connectivity index (χ1n) is 9.36. The molecule has 0 aromatic heterocycles. The van der Waals surface area contributed by atoms with Crippen LogP contribution in [0, 0.1) is 10.1 Å². The van der Waals surface area contributed by atoms with E-state index in [-0.39, 0.29) is 17.6 Å². The number of hydrogen-bond acceptors (Lipinski definition) is 5. The highest BCUT2D eigenvalue weighted by molar-refractivity contribution is 8.00. The van der Waals surface area contributed by atoms with Crippen molar-refractivity contribution in [2.75, 3.05) is 16.0 Å². The van der Waals surface area contributed by atoms with Crippen molar-refractivity contribution in [2.45, 2.75) is 17.1 Å². The van der Waals surface area contributed by atoms with E-state index >= 15 is 0 Å². The fourth-order valence-corrected chi connectivity index (χ4v) is 3.47. The molecule has 158 valence electrons. The fraction of sp³-hybridized carbons (Fsp3) is 0.0909. The number of nitro benzene ring substituents is 1. The van der Waals surface area contributed by atoms with Crippen LogP contribution in [0.1, 0.15) is 6.92 Å². The van der Waals surface area contributed by atoms with E-state index in [1.165, 1.54) is 23.9 Å². The quantitative estimate of drug-likeness (QED) is 0.262. The zero-order valence-electron chi connectivity index (χ0n) is 16.6. The number of anilines is 3. The van der Waals surface area contributed by atoms with Crippen molar-refractivity contribution in [1.82, 2.24) is 0 Å². The maximum atomic E-state index is 12.4. The van der Waals surface area contributed by atoms with Crippen LogP contribution in [0.4, 0.5) is 27.5 Å². The monoisotopic (exact) mass is 436 g/mol. The maximum absolute atomic E-state index is 12.4. The van der Waals surface area contributed by atoms with Crippen LogP contribution in [0.5, 0.6) is 0 Å². The molecule has 9 heteroatoms. The lowest BCUT2D eigenvalue weighted by molar-refractivity contribution is -0.384. The summed E-state index contributed by atoms with van der Waals surface area (Å²) in [5, 5.41) is 18.6. The predicted molar refractivity (Wildman–Crippen MR) is 123 cm³/mol. The summed E-state index contributed by atoms with van der Waals surface area (Å²) in [5.41, 5.74) is 1.87. The summed E-state index contributed by atoms with van der Waals surface area (Å²) in [6, 6.07) is 21.5. The highest BCUT2D eigenvalue weighted by Crippen LogP contribution is 2.26. The normalized spacial score (nSPS) is 11.3. The first kappa shape index (κ1) is 21.8. The van der Waals surface area contributed by atoms with E-state index in [2.05, 4.69) is 16.0 Å². The van der Waals surface area contributed by atoms with E-state index in [1.807, 2.05) is 18.2 Å². The van der Waals surface area contributed by atoms with Gasteiger partial charge in [-0.3, -0.25) is 14.9 Å². The Morgan fingerprint density at radius 3 is 1.87 bits per heavy atom. The summed E-state index contributed by atoms with van der Waals surface area (Å²) in [7, 11) is 0. The summed E-state index contributed by atoms with van der Waals surface area (Å²) in [6.45, 7) is 1.76. The van der Waals surface area contributed by atoms with Gasteiger partial charge in [0.2, 0.25) is 5.91 Å². The number of carbonyl (C=O) groups excluding carboxylic acids is 2. The van der Waals surface area contributed by atoms with Crippen molar-refractivity contribution in [1.29, 1.82) is 0 Å². The Balaban J connectivity index is 1.50. The number of nitro groups is 1. The average molecular weight is 436 g/mol. The van der Waals surface area contributed by atoms with Crippen LogP contribution in [0.3, 0.4) is 0 Å². The molecule has 0 aliphatic rings. The molecule has 0 saturated heterocycles. The van der Waals surface area contributed by atoms with Gasteiger partial charge in [0.1, 0.15) is 0 Å². The van der Waals surface area contributed by atoms with Gasteiger partial charge in [-0.1, -0.05) is 18.2 Å². The van der Waals surface area contributed by atoms with Gasteiger partial charge in [-0.2, -0.15) is 0 Å². The number of urea groups is 1. The Morgan fingerprint density at radius 1 is 0.806 bits per heavy atom. The third kappa shape index (κ3) is 6.58. The number of non-ortho nitro benzene ring substituents is 1. The van der Waals surface area contributed by atoms with Gasteiger partial charge in [0.15, 0.2) is 0 Å². The molecule has 31 heavy (non-hydrogen) atoms. The van der Waals surface area contributed by atoms with E-state index in [0.717, 1.165) is 4.90 Å². The molecule has 3 N–H and O–H groups in total. The molecule has 0 bridgehead atoms. The second-order valence-electron chi connectivity index (χ2n) is 6.52. The lowest BCUT2D eigenvalue weighted by Gasteiger charge is -2.13. The molecule has 0 heterocycles. The van der Waals surface area contributed by atoms with Crippen molar-refractivity contribution >= 4 is 46.4 Å². The summed E-state index contributed by atoms with van der Waals surface area (Å²) in [5.74, 6) is -0.203. The number of para-hydroxylation sites is 1. The zero-order valence-corrected chi connectivity index (χ0v) is 17.4. The van der Waals surface area contributed by atoms with E-state index in [1.54, 1.807) is 55.5 Å². The Morgan fingerprint density at radius 2 is 1.32 bits per heavy atom. The third-order valence-electron chi connectivity index (χ3n) is 4.17. The molecule has 3 aromatic rings. The van der Waals surface area contributed by atoms with Gasteiger partial charge in [0, 0.05) is 34.1 Å². The molecule has 3 rings (SSSR count). The van der Waals surface area contributed by atoms with Crippen molar-refractivity contribution in [3.63, 3.8) is 0 Å². The summed E-state index contributed by atoms with van der Waals surface area (Å²) in [6.07, 6.45) is 0. The van der Waals surface area contributed by atoms with Crippen molar-refractivity contribution in [3.8, 4) is 0 Å². The van der Waals surface area contributed by atoms with Crippen LogP contribution in [-0.4, -0.2) is 22.1 Å². The molecule has 0 radical (unpaired) electrons. The second-order valence-corrected chi connectivity index (χ2v) is 7.94. The molecule has 0 saturated carbocycles. The molecule has 3 aromatic carbocycles. The summed E-state index contributed by atoms with van der Waals surface area (Å²) >= 11 is 1.30. The molecule has 0 fully saturated rings. The molecule has 0 spiro atoms. The molecular weight excluding hydrogens is 416 g/mol. The van der Waals surface area contributed by atoms with Crippen molar-refractivity contribution < 1.29 is 14.5 Å². The van der Waals surface area contributed by atoms with Gasteiger partial charge in [0.05, 0.1) is 10.2 Å². The van der Waals surface area contributed by atoms with Crippen molar-refractivity contribution in [3.05, 3.63) is 89.0 Å². The summed E-state index contributed by atoms with van der Waals surface area (Å²) < 4.78 is 0. The largest absolute Gasteiger partial charge is 0.325 e. The molecule has 3 amide bonds. The Labute approximate surface area is 183 Å². The van der Waals surface area contributed by atoms with Gasteiger partial charge in [-0.05, 0) is 55.5 Å². The SMILES string of the molecule is CC(Sc1ccc([N+](=O)[O-])cc1)C(=O)Nc1ccc(NC(=O)Nc2ccccc2)cc1. The Bertz CT molecular complexity index is 1060. The van der Waals surface area contributed by atoms with E-state index in [0.29, 0.717) is 17.1 Å². The number of carbonyl (C=O) groups is 2. The van der Waals surface area contributed by atoms with E-state index < -0.39 is 10.2 Å². The van der Waals surface area contributed by atoms with Gasteiger partial charge in [-0.15, -0.1) is 11.8 Å². The number of hydrogen-bond donors (Lipinski definition) is 3. The standard InChI is InChI=1S/C22H20N4O4S/c1-15(31-20-13-11-19(12-14-20)26(29)30)21(27)23-17-7-9-18(10-8-17)25-22(28)24-16-5-3-2-4-6-16/h2-15H,1H3,(H,23,27)(H2,24,25,28). The molecule has 8 nitrogen and oxygen atoms in total. The fourth-order valence-electron chi connectivity index (χ4n) is 2.60. The minimum absolute atomic E-state index is 0.00704. The molecule has 0 aliphatic carbocycles. The third-order valence-corrected chi connectivity index (χ3v) is 5.28. The number of nitrogens with one attached hydrogen (secondary N) is 3. The maximum Gasteiger partial charge on any atom is 0.323 e. The van der Waals surface area contributed by atoms with E-state index in [4.69, 9.17) is 0 Å². The number of benzene rings is 3. The molecule has 1 unspecified atom stereocenters. The van der Waals surface area contributed by atoms with Crippen molar-refractivity contribution in [2.24, 2.45) is 0 Å². The number of nitrogens with zero attached hydrogens (tertiary/aromatic N) is 1.